The molecular formula is C35H41FN6O5Si. The van der Waals surface area contributed by atoms with Gasteiger partial charge in [0.25, 0.3) is 11.8 Å². The van der Waals surface area contributed by atoms with Crippen LogP contribution in [-0.4, -0.2) is 60.1 Å². The van der Waals surface area contributed by atoms with Gasteiger partial charge in [0.1, 0.15) is 5.75 Å². The highest BCUT2D eigenvalue weighted by atomic mass is 28.4. The lowest BCUT2D eigenvalue weighted by molar-refractivity contribution is -0.146. The van der Waals surface area contributed by atoms with Crippen LogP contribution >= 0.6 is 0 Å². The summed E-state index contributed by atoms with van der Waals surface area (Å²) in [5, 5.41) is 20.4. The van der Waals surface area contributed by atoms with E-state index in [2.05, 4.69) is 15.6 Å². The Morgan fingerprint density at radius 3 is 2.54 bits per heavy atom. The number of hydrogen-bond acceptors (Lipinski definition) is 8. The Labute approximate surface area is 280 Å². The highest BCUT2D eigenvalue weighted by Gasteiger charge is 2.66. The summed E-state index contributed by atoms with van der Waals surface area (Å²) in [6.45, 7) is 5.93. The minimum atomic E-state index is -3.35. The smallest absolute Gasteiger partial charge is 0.264 e. The summed E-state index contributed by atoms with van der Waals surface area (Å²) < 4.78 is 30.3. The maximum absolute atomic E-state index is 16.2. The van der Waals surface area contributed by atoms with E-state index in [0.717, 1.165) is 5.56 Å². The van der Waals surface area contributed by atoms with Crippen LogP contribution < -0.4 is 20.7 Å². The number of rotatable bonds is 11. The molecule has 1 spiro atoms. The minimum absolute atomic E-state index is 0.0269. The topological polar surface area (TPSA) is 145 Å². The van der Waals surface area contributed by atoms with Crippen molar-refractivity contribution in [1.82, 2.24) is 15.0 Å². The predicted octanol–water partition coefficient (Wildman–Crippen LogP) is 5.07. The summed E-state index contributed by atoms with van der Waals surface area (Å²) in [6.07, 6.45) is 2.07. The number of aromatic nitrogens is 3. The van der Waals surface area contributed by atoms with Gasteiger partial charge in [-0.2, -0.15) is 0 Å². The number of carbonyl (C=O) groups excluding carboxylic acids is 2. The first kappa shape index (κ1) is 33.3. The summed E-state index contributed by atoms with van der Waals surface area (Å²) in [6, 6.07) is 19.5. The van der Waals surface area contributed by atoms with Crippen LogP contribution in [0.4, 0.5) is 21.2 Å². The molecule has 3 aromatic carbocycles. The monoisotopic (exact) mass is 672 g/mol. The molecular weight excluding hydrogens is 632 g/mol. The molecule has 0 saturated carbocycles. The van der Waals surface area contributed by atoms with E-state index in [0.29, 0.717) is 59.0 Å². The summed E-state index contributed by atoms with van der Waals surface area (Å²) in [4.78, 5) is 29.1. The van der Waals surface area contributed by atoms with Crippen molar-refractivity contribution in [3.05, 3.63) is 95.3 Å². The zero-order valence-corrected chi connectivity index (χ0v) is 28.5. The van der Waals surface area contributed by atoms with Crippen molar-refractivity contribution < 1.29 is 28.3 Å². The Balaban J connectivity index is 1.27. The summed E-state index contributed by atoms with van der Waals surface area (Å²) in [5.74, 6) is -0.372. The van der Waals surface area contributed by atoms with Gasteiger partial charge in [0.15, 0.2) is 5.60 Å². The van der Waals surface area contributed by atoms with E-state index in [4.69, 9.17) is 15.2 Å². The number of methoxy groups -OCH3 is 1. The predicted molar refractivity (Wildman–Crippen MR) is 183 cm³/mol. The number of amides is 2. The van der Waals surface area contributed by atoms with Crippen LogP contribution in [0.1, 0.15) is 40.5 Å². The fourth-order valence-electron chi connectivity index (χ4n) is 7.23. The molecule has 11 nitrogen and oxygen atoms in total. The Morgan fingerprint density at radius 2 is 1.88 bits per heavy atom. The average molecular weight is 673 g/mol. The van der Waals surface area contributed by atoms with Gasteiger partial charge in [-0.3, -0.25) is 14.3 Å². The van der Waals surface area contributed by atoms with E-state index in [1.54, 1.807) is 72.4 Å². The van der Waals surface area contributed by atoms with Gasteiger partial charge < -0.3 is 34.6 Å². The van der Waals surface area contributed by atoms with Crippen LogP contribution in [0.2, 0.25) is 18.6 Å². The number of benzene rings is 3. The molecule has 0 unspecified atom stereocenters. The Morgan fingerprint density at radius 1 is 1.15 bits per heavy atom. The second kappa shape index (κ2) is 13.1. The van der Waals surface area contributed by atoms with E-state index >= 15 is 4.11 Å². The third-order valence-corrected chi connectivity index (χ3v) is 11.9. The summed E-state index contributed by atoms with van der Waals surface area (Å²) in [5.41, 5.74) is 8.43. The quantitative estimate of drug-likeness (QED) is 0.114. The molecule has 1 fully saturated rings. The molecule has 13 heteroatoms. The number of nitrogens with two attached hydrogens (primary N) is 1. The Kier molecular flexibility index (Phi) is 9.11. The number of anilines is 3. The molecule has 0 bridgehead atoms. The van der Waals surface area contributed by atoms with Crippen molar-refractivity contribution in [1.29, 1.82) is 0 Å². The summed E-state index contributed by atoms with van der Waals surface area (Å²) in [7, 11) is -1.78. The number of aliphatic hydroxyl groups is 1. The van der Waals surface area contributed by atoms with Crippen molar-refractivity contribution in [2.45, 2.75) is 63.2 Å². The van der Waals surface area contributed by atoms with Crippen LogP contribution in [0.25, 0.3) is 0 Å². The van der Waals surface area contributed by atoms with Crippen molar-refractivity contribution >= 4 is 37.3 Å². The van der Waals surface area contributed by atoms with Crippen molar-refractivity contribution in [3.63, 3.8) is 0 Å². The molecule has 2 aliphatic heterocycles. The molecule has 252 valence electrons. The fourth-order valence-corrected chi connectivity index (χ4v) is 9.77. The number of nitrogens with zero attached hydrogens (tertiary/aromatic N) is 4. The number of nitrogens with one attached hydrogen (secondary N) is 1. The standard InChI is InChI=1S/C35H41FN6O5Si/c1-22-32(48(3,4)36)31(15-17-41-21-27(16-18-43)39-40-41)47-35(22)29-19-28(46-2)13-14-30(29)42(34(35)45)20-23-5-11-26(12-6-23)38-33(44)24-7-9-25(37)10-8-24/h5-14,19,21-22,31-32,43H,15-18,20,37H2,1-4H3,(H,38,44)/t22-,31+,32-,35+/m1/s1. The van der Waals surface area contributed by atoms with Crippen molar-refractivity contribution in [3.8, 4) is 5.75 Å². The van der Waals surface area contributed by atoms with Crippen LogP contribution in [0.5, 0.6) is 5.75 Å². The van der Waals surface area contributed by atoms with Crippen LogP contribution in [0.3, 0.4) is 0 Å². The largest absolute Gasteiger partial charge is 0.497 e. The highest BCUT2D eigenvalue weighted by molar-refractivity contribution is 6.72. The first-order valence-corrected chi connectivity index (χ1v) is 19.0. The third-order valence-electron chi connectivity index (χ3n) is 9.49. The zero-order chi connectivity index (χ0) is 34.2. The van der Waals surface area contributed by atoms with Crippen LogP contribution in [0.15, 0.2) is 72.9 Å². The highest BCUT2D eigenvalue weighted by Crippen LogP contribution is 2.60. The molecule has 1 saturated heterocycles. The fraction of sp³-hybridized carbons (Fsp3) is 0.371. The second-order valence-corrected chi connectivity index (χ2v) is 16.8. The maximum atomic E-state index is 16.2. The molecule has 0 aliphatic carbocycles. The van der Waals surface area contributed by atoms with Crippen LogP contribution in [0, 0.1) is 5.92 Å². The van der Waals surface area contributed by atoms with E-state index < -0.39 is 31.6 Å². The van der Waals surface area contributed by atoms with Gasteiger partial charge in [-0.05, 0) is 79.7 Å². The third kappa shape index (κ3) is 6.20. The number of aryl methyl sites for hydroxylation is 1. The SMILES string of the molecule is COc1ccc2c(c1)[C@]1(O[C@@H](CCn3cc(CCO)nn3)[C@H]([Si](C)(C)F)[C@H]1C)C(=O)N2Cc1ccc(NC(=O)c2ccc(N)cc2)cc1. The molecule has 0 radical (unpaired) electrons. The number of ether oxygens (including phenoxy) is 2. The molecule has 4 aromatic rings. The number of nitrogen functional groups attached to an aromatic ring is 1. The molecule has 48 heavy (non-hydrogen) atoms. The molecule has 1 aromatic heterocycles. The lowest BCUT2D eigenvalue weighted by Gasteiger charge is -2.31. The number of carbonyl (C=O) groups is 2. The van der Waals surface area contributed by atoms with Gasteiger partial charge in [-0.25, -0.2) is 0 Å². The maximum Gasteiger partial charge on any atom is 0.264 e. The lowest BCUT2D eigenvalue weighted by atomic mass is 9.82. The van der Waals surface area contributed by atoms with Crippen LogP contribution in [-0.2, 0) is 34.6 Å². The van der Waals surface area contributed by atoms with E-state index in [1.165, 1.54) is 0 Å². The number of halogens is 1. The lowest BCUT2D eigenvalue weighted by Crippen LogP contribution is -2.45. The van der Waals surface area contributed by atoms with Crippen molar-refractivity contribution in [2.24, 2.45) is 5.92 Å². The first-order chi connectivity index (χ1) is 22.9. The van der Waals surface area contributed by atoms with Gasteiger partial charge in [0.05, 0.1) is 31.1 Å². The zero-order valence-electron chi connectivity index (χ0n) is 27.5. The molecule has 3 heterocycles. The molecule has 6 rings (SSSR count). The van der Waals surface area contributed by atoms with Gasteiger partial charge in [-0.15, -0.1) is 5.10 Å². The van der Waals surface area contributed by atoms with E-state index in [9.17, 15) is 14.7 Å². The number of aliphatic hydroxyl groups excluding tert-OH is 1. The van der Waals surface area contributed by atoms with Gasteiger partial charge >= 0.3 is 0 Å². The van der Waals surface area contributed by atoms with Gasteiger partial charge in [0, 0.05) is 59.7 Å². The average Bonchev–Trinajstić information content (AvgIpc) is 3.71. The number of hydrogen-bond donors (Lipinski definition) is 3. The van der Waals surface area contributed by atoms with Crippen molar-refractivity contribution in [2.75, 3.05) is 29.7 Å². The molecule has 2 aliphatic rings. The molecule has 4 N–H and O–H groups in total. The first-order valence-electron chi connectivity index (χ1n) is 16.1. The minimum Gasteiger partial charge on any atom is -0.497 e. The Bertz CT molecular complexity index is 1790. The second-order valence-electron chi connectivity index (χ2n) is 13.1. The van der Waals surface area contributed by atoms with E-state index in [1.807, 2.05) is 37.3 Å². The number of fused-ring (bicyclic) bond motifs is 2. The van der Waals surface area contributed by atoms with Gasteiger partial charge in [0.2, 0.25) is 8.41 Å². The summed E-state index contributed by atoms with van der Waals surface area (Å²) >= 11 is 0. The van der Waals surface area contributed by atoms with Gasteiger partial charge in [-0.1, -0.05) is 24.3 Å². The Hall–Kier alpha value is -4.59. The normalized spacial score (nSPS) is 21.9. The van der Waals surface area contributed by atoms with E-state index in [-0.39, 0.29) is 25.0 Å². The molecule has 2 amide bonds. The molecule has 4 atom stereocenters.